The number of ether oxygens (including phenoxy) is 2. The van der Waals surface area contributed by atoms with Gasteiger partial charge in [-0.2, -0.15) is 0 Å². The minimum Gasteiger partial charge on any atom is -0.493 e. The third-order valence-corrected chi connectivity index (χ3v) is 2.83. The Morgan fingerprint density at radius 3 is 2.31 bits per heavy atom. The van der Waals surface area contributed by atoms with E-state index in [1.807, 2.05) is 13.0 Å². The van der Waals surface area contributed by atoms with E-state index < -0.39 is 0 Å². The van der Waals surface area contributed by atoms with Crippen molar-refractivity contribution in [3.05, 3.63) is 22.8 Å². The summed E-state index contributed by atoms with van der Waals surface area (Å²) in [6.07, 6.45) is 0.767. The zero-order valence-electron chi connectivity index (χ0n) is 10.3. The Balaban J connectivity index is 3.16. The van der Waals surface area contributed by atoms with Gasteiger partial charge in [-0.25, -0.2) is 5.90 Å². The Bertz CT molecular complexity index is 364. The molecule has 16 heavy (non-hydrogen) atoms. The third kappa shape index (κ3) is 2.46. The Labute approximate surface area is 96.3 Å². The van der Waals surface area contributed by atoms with Crippen molar-refractivity contribution in [2.24, 2.45) is 5.90 Å². The molecule has 0 saturated heterocycles. The van der Waals surface area contributed by atoms with E-state index in [9.17, 15) is 0 Å². The predicted octanol–water partition coefficient (Wildman–Crippen LogP) is 1.75. The highest BCUT2D eigenvalue weighted by molar-refractivity contribution is 5.53. The maximum atomic E-state index is 5.33. The lowest BCUT2D eigenvalue weighted by Crippen LogP contribution is -2.06. The van der Waals surface area contributed by atoms with Crippen molar-refractivity contribution >= 4 is 0 Å². The lowest BCUT2D eigenvalue weighted by Gasteiger charge is -2.16. The molecule has 0 spiro atoms. The molecule has 2 N–H and O–H groups in total. The van der Waals surface area contributed by atoms with E-state index in [0.717, 1.165) is 23.5 Å². The van der Waals surface area contributed by atoms with E-state index >= 15 is 0 Å². The van der Waals surface area contributed by atoms with Crippen molar-refractivity contribution in [1.29, 1.82) is 0 Å². The second kappa shape index (κ2) is 5.72. The predicted molar refractivity (Wildman–Crippen MR) is 62.9 cm³/mol. The molecule has 0 aliphatic rings. The summed E-state index contributed by atoms with van der Waals surface area (Å²) < 4.78 is 10.6. The molecule has 0 heterocycles. The quantitative estimate of drug-likeness (QED) is 0.776. The normalized spacial score (nSPS) is 10.3. The van der Waals surface area contributed by atoms with Gasteiger partial charge in [0.1, 0.15) is 0 Å². The molecule has 0 saturated carbocycles. The van der Waals surface area contributed by atoms with Crippen molar-refractivity contribution in [1.82, 2.24) is 0 Å². The minimum absolute atomic E-state index is 0.496. The van der Waals surface area contributed by atoms with Gasteiger partial charge in [0.05, 0.1) is 20.8 Å². The number of benzene rings is 1. The van der Waals surface area contributed by atoms with E-state index in [0.29, 0.717) is 6.61 Å². The fourth-order valence-electron chi connectivity index (χ4n) is 1.76. The summed E-state index contributed by atoms with van der Waals surface area (Å²) in [6, 6.07) is 1.97. The summed E-state index contributed by atoms with van der Waals surface area (Å²) in [7, 11) is 3.28. The zero-order valence-corrected chi connectivity index (χ0v) is 10.3. The molecule has 1 aromatic carbocycles. The third-order valence-electron chi connectivity index (χ3n) is 2.83. The molecule has 0 fully saturated rings. The maximum Gasteiger partial charge on any atom is 0.163 e. The first-order valence-corrected chi connectivity index (χ1v) is 5.18. The second-order valence-corrected chi connectivity index (χ2v) is 3.64. The highest BCUT2D eigenvalue weighted by Crippen LogP contribution is 2.35. The molecule has 0 unspecified atom stereocenters. The van der Waals surface area contributed by atoms with E-state index in [4.69, 9.17) is 15.4 Å². The molecule has 4 nitrogen and oxygen atoms in total. The molecule has 4 heteroatoms. The summed E-state index contributed by atoms with van der Waals surface area (Å²) in [4.78, 5) is 4.60. The van der Waals surface area contributed by atoms with Crippen LogP contribution < -0.4 is 15.4 Å². The van der Waals surface area contributed by atoms with Gasteiger partial charge in [0.2, 0.25) is 0 Å². The first-order valence-electron chi connectivity index (χ1n) is 5.18. The Hall–Kier alpha value is -1.26. The zero-order chi connectivity index (χ0) is 12.1. The summed E-state index contributed by atoms with van der Waals surface area (Å²) in [6.45, 7) is 4.57. The molecule has 0 atom stereocenters. The van der Waals surface area contributed by atoms with Gasteiger partial charge in [-0.3, -0.25) is 0 Å². The minimum atomic E-state index is 0.496. The van der Waals surface area contributed by atoms with Crippen LogP contribution in [-0.4, -0.2) is 20.8 Å². The van der Waals surface area contributed by atoms with Gasteiger partial charge in [0, 0.05) is 0 Å². The van der Waals surface area contributed by atoms with Gasteiger partial charge in [-0.05, 0) is 43.0 Å². The number of methoxy groups -OCH3 is 2. The molecule has 0 aliphatic heterocycles. The highest BCUT2D eigenvalue weighted by atomic mass is 16.6. The van der Waals surface area contributed by atoms with Crippen LogP contribution in [0.15, 0.2) is 6.07 Å². The molecule has 0 amide bonds. The SMILES string of the molecule is COc1cc(CCON)c(C)c(C)c1OC. The van der Waals surface area contributed by atoms with E-state index in [1.54, 1.807) is 14.2 Å². The van der Waals surface area contributed by atoms with Crippen LogP contribution in [0.25, 0.3) is 0 Å². The number of hydrogen-bond acceptors (Lipinski definition) is 4. The summed E-state index contributed by atoms with van der Waals surface area (Å²) in [5, 5.41) is 0. The van der Waals surface area contributed by atoms with Gasteiger partial charge in [0.15, 0.2) is 11.5 Å². The Morgan fingerprint density at radius 1 is 1.12 bits per heavy atom. The van der Waals surface area contributed by atoms with Gasteiger partial charge in [-0.15, -0.1) is 0 Å². The fraction of sp³-hybridized carbons (Fsp3) is 0.500. The highest BCUT2D eigenvalue weighted by Gasteiger charge is 2.13. The summed E-state index contributed by atoms with van der Waals surface area (Å²) >= 11 is 0. The van der Waals surface area contributed by atoms with Crippen molar-refractivity contribution < 1.29 is 14.3 Å². The topological polar surface area (TPSA) is 53.7 Å². The van der Waals surface area contributed by atoms with Crippen LogP contribution in [-0.2, 0) is 11.3 Å². The molecule has 0 aromatic heterocycles. The molecule has 1 aromatic rings. The Morgan fingerprint density at radius 2 is 1.81 bits per heavy atom. The van der Waals surface area contributed by atoms with Gasteiger partial charge in [0.25, 0.3) is 0 Å². The first kappa shape index (κ1) is 12.8. The van der Waals surface area contributed by atoms with Crippen LogP contribution in [0.4, 0.5) is 0 Å². The molecule has 0 radical (unpaired) electrons. The average molecular weight is 225 g/mol. The second-order valence-electron chi connectivity index (χ2n) is 3.64. The van der Waals surface area contributed by atoms with Crippen LogP contribution in [0, 0.1) is 13.8 Å². The standard InChI is InChI=1S/C12H19NO3/c1-8-9(2)12(15-4)11(14-3)7-10(8)5-6-16-13/h7H,5-6,13H2,1-4H3. The Kier molecular flexibility index (Phi) is 4.58. The van der Waals surface area contributed by atoms with E-state index in [2.05, 4.69) is 11.8 Å². The van der Waals surface area contributed by atoms with Crippen LogP contribution in [0.1, 0.15) is 16.7 Å². The molecule has 0 aliphatic carbocycles. The van der Waals surface area contributed by atoms with Crippen molar-refractivity contribution in [2.75, 3.05) is 20.8 Å². The molecular weight excluding hydrogens is 206 g/mol. The van der Waals surface area contributed by atoms with Crippen LogP contribution >= 0.6 is 0 Å². The average Bonchev–Trinajstić information content (AvgIpc) is 2.30. The monoisotopic (exact) mass is 225 g/mol. The number of nitrogens with two attached hydrogens (primary N) is 1. The van der Waals surface area contributed by atoms with Crippen LogP contribution in [0.5, 0.6) is 11.5 Å². The smallest absolute Gasteiger partial charge is 0.163 e. The van der Waals surface area contributed by atoms with Gasteiger partial charge in [-0.1, -0.05) is 0 Å². The number of hydrogen-bond donors (Lipinski definition) is 1. The number of rotatable bonds is 5. The molecule has 0 bridgehead atoms. The van der Waals surface area contributed by atoms with E-state index in [1.165, 1.54) is 11.1 Å². The maximum absolute atomic E-state index is 5.33. The van der Waals surface area contributed by atoms with Crippen LogP contribution in [0.3, 0.4) is 0 Å². The molecule has 90 valence electrons. The van der Waals surface area contributed by atoms with Crippen molar-refractivity contribution in [3.8, 4) is 11.5 Å². The lowest BCUT2D eigenvalue weighted by molar-refractivity contribution is 0.141. The molecule has 1 rings (SSSR count). The van der Waals surface area contributed by atoms with Crippen LogP contribution in [0.2, 0.25) is 0 Å². The molecular formula is C12H19NO3. The van der Waals surface area contributed by atoms with E-state index in [-0.39, 0.29) is 0 Å². The van der Waals surface area contributed by atoms with Gasteiger partial charge >= 0.3 is 0 Å². The largest absolute Gasteiger partial charge is 0.493 e. The van der Waals surface area contributed by atoms with Crippen molar-refractivity contribution in [2.45, 2.75) is 20.3 Å². The summed E-state index contributed by atoms with van der Waals surface area (Å²) in [5.74, 6) is 6.57. The van der Waals surface area contributed by atoms with Gasteiger partial charge < -0.3 is 14.3 Å². The fourth-order valence-corrected chi connectivity index (χ4v) is 1.76. The van der Waals surface area contributed by atoms with Crippen molar-refractivity contribution in [3.63, 3.8) is 0 Å². The first-order chi connectivity index (χ1) is 7.65. The summed E-state index contributed by atoms with van der Waals surface area (Å²) in [5.41, 5.74) is 3.45. The lowest BCUT2D eigenvalue weighted by atomic mass is 9.99.